The highest BCUT2D eigenvalue weighted by molar-refractivity contribution is 7.80. The molecule has 82 valence electrons. The van der Waals surface area contributed by atoms with Crippen LogP contribution in [0, 0.1) is 0 Å². The standard InChI is InChI=1S/C8H13N5OS/c1-3-13(5-7(9)15)8(14)6-4-12(2)11-10-6/h4H,3,5H2,1-2H3,(H2,9,15). The predicted molar refractivity (Wildman–Crippen MR) is 59.4 cm³/mol. The second-order valence-electron chi connectivity index (χ2n) is 3.06. The van der Waals surface area contributed by atoms with Crippen LogP contribution in [0.25, 0.3) is 0 Å². The normalized spacial score (nSPS) is 10.0. The van der Waals surface area contributed by atoms with Gasteiger partial charge >= 0.3 is 0 Å². The Balaban J connectivity index is 2.77. The summed E-state index contributed by atoms with van der Waals surface area (Å²) >= 11 is 4.76. The molecular formula is C8H13N5OS. The average molecular weight is 227 g/mol. The predicted octanol–water partition coefficient (Wildman–Crippen LogP) is -0.437. The van der Waals surface area contributed by atoms with E-state index in [4.69, 9.17) is 18.0 Å². The van der Waals surface area contributed by atoms with Gasteiger partial charge in [-0.3, -0.25) is 9.48 Å². The van der Waals surface area contributed by atoms with Gasteiger partial charge in [-0.25, -0.2) is 0 Å². The Morgan fingerprint density at radius 1 is 1.73 bits per heavy atom. The summed E-state index contributed by atoms with van der Waals surface area (Å²) in [6, 6.07) is 0. The molecule has 0 spiro atoms. The Kier molecular flexibility index (Phi) is 3.73. The van der Waals surface area contributed by atoms with E-state index in [0.29, 0.717) is 12.2 Å². The van der Waals surface area contributed by atoms with Gasteiger partial charge in [-0.2, -0.15) is 0 Å². The van der Waals surface area contributed by atoms with Crippen LogP contribution in [0.3, 0.4) is 0 Å². The molecule has 0 bridgehead atoms. The summed E-state index contributed by atoms with van der Waals surface area (Å²) in [7, 11) is 1.70. The largest absolute Gasteiger partial charge is 0.392 e. The van der Waals surface area contributed by atoms with Crippen LogP contribution in [-0.2, 0) is 7.05 Å². The van der Waals surface area contributed by atoms with Crippen molar-refractivity contribution < 1.29 is 4.79 Å². The first-order valence-electron chi connectivity index (χ1n) is 4.48. The topological polar surface area (TPSA) is 77.0 Å². The molecule has 0 aliphatic rings. The highest BCUT2D eigenvalue weighted by atomic mass is 32.1. The van der Waals surface area contributed by atoms with Gasteiger partial charge in [0.25, 0.3) is 5.91 Å². The number of carbonyl (C=O) groups excluding carboxylic acids is 1. The average Bonchev–Trinajstić information content (AvgIpc) is 2.60. The minimum atomic E-state index is -0.210. The fraction of sp³-hybridized carbons (Fsp3) is 0.500. The SMILES string of the molecule is CCN(CC(N)=S)C(=O)c1cn(C)nn1. The third-order valence-electron chi connectivity index (χ3n) is 1.84. The molecule has 1 heterocycles. The summed E-state index contributed by atoms with van der Waals surface area (Å²) in [5, 5.41) is 7.42. The highest BCUT2D eigenvalue weighted by Gasteiger charge is 2.17. The van der Waals surface area contributed by atoms with Gasteiger partial charge in [0.2, 0.25) is 0 Å². The van der Waals surface area contributed by atoms with Crippen molar-refractivity contribution in [3.8, 4) is 0 Å². The van der Waals surface area contributed by atoms with E-state index in [1.807, 2.05) is 6.92 Å². The van der Waals surface area contributed by atoms with Crippen molar-refractivity contribution in [2.24, 2.45) is 12.8 Å². The lowest BCUT2D eigenvalue weighted by atomic mass is 10.3. The van der Waals surface area contributed by atoms with E-state index < -0.39 is 0 Å². The second-order valence-corrected chi connectivity index (χ2v) is 3.59. The molecule has 1 rings (SSSR count). The first-order chi connectivity index (χ1) is 7.04. The molecule has 0 aliphatic heterocycles. The third-order valence-corrected chi connectivity index (χ3v) is 1.97. The van der Waals surface area contributed by atoms with Gasteiger partial charge < -0.3 is 10.6 Å². The number of thiocarbonyl (C=S) groups is 1. The summed E-state index contributed by atoms with van der Waals surface area (Å²) in [6.45, 7) is 2.65. The highest BCUT2D eigenvalue weighted by Crippen LogP contribution is 1.99. The van der Waals surface area contributed by atoms with Gasteiger partial charge in [-0.15, -0.1) is 5.10 Å². The molecule has 0 saturated heterocycles. The van der Waals surface area contributed by atoms with Crippen LogP contribution < -0.4 is 5.73 Å². The quantitative estimate of drug-likeness (QED) is 0.706. The third kappa shape index (κ3) is 2.98. The maximum Gasteiger partial charge on any atom is 0.276 e. The minimum Gasteiger partial charge on any atom is -0.392 e. The van der Waals surface area contributed by atoms with Gasteiger partial charge in [-0.05, 0) is 6.92 Å². The van der Waals surface area contributed by atoms with Gasteiger partial charge in [0.05, 0.1) is 17.7 Å². The number of aryl methyl sites for hydroxylation is 1. The second kappa shape index (κ2) is 4.83. The maximum absolute atomic E-state index is 11.8. The summed E-state index contributed by atoms with van der Waals surface area (Å²) in [5.41, 5.74) is 5.69. The van der Waals surface area contributed by atoms with Crippen LogP contribution in [0.15, 0.2) is 6.20 Å². The van der Waals surface area contributed by atoms with Crippen LogP contribution in [0.4, 0.5) is 0 Å². The fourth-order valence-corrected chi connectivity index (χ4v) is 1.28. The Labute approximate surface area is 93.0 Å². The molecular weight excluding hydrogens is 214 g/mol. The first kappa shape index (κ1) is 11.6. The summed E-state index contributed by atoms with van der Waals surface area (Å²) in [6.07, 6.45) is 1.56. The van der Waals surface area contributed by atoms with Gasteiger partial charge in [0.1, 0.15) is 0 Å². The molecule has 0 fully saturated rings. The van der Waals surface area contributed by atoms with Gasteiger partial charge in [0.15, 0.2) is 5.69 Å². The van der Waals surface area contributed by atoms with Crippen molar-refractivity contribution in [2.45, 2.75) is 6.92 Å². The van der Waals surface area contributed by atoms with Crippen molar-refractivity contribution in [3.05, 3.63) is 11.9 Å². The minimum absolute atomic E-state index is 0.210. The molecule has 6 nitrogen and oxygen atoms in total. The first-order valence-corrected chi connectivity index (χ1v) is 4.89. The lowest BCUT2D eigenvalue weighted by molar-refractivity contribution is 0.0782. The number of rotatable bonds is 4. The number of nitrogens with zero attached hydrogens (tertiary/aromatic N) is 4. The van der Waals surface area contributed by atoms with Crippen molar-refractivity contribution in [3.63, 3.8) is 0 Å². The Morgan fingerprint density at radius 2 is 2.40 bits per heavy atom. The molecule has 0 atom stereocenters. The number of aromatic nitrogens is 3. The van der Waals surface area contributed by atoms with Crippen LogP contribution in [0.2, 0.25) is 0 Å². The van der Waals surface area contributed by atoms with E-state index in [1.165, 1.54) is 9.58 Å². The Hall–Kier alpha value is -1.50. The lowest BCUT2D eigenvalue weighted by Crippen LogP contribution is -2.37. The van der Waals surface area contributed by atoms with Crippen LogP contribution in [0.1, 0.15) is 17.4 Å². The van der Waals surface area contributed by atoms with Crippen LogP contribution >= 0.6 is 12.2 Å². The van der Waals surface area contributed by atoms with Crippen LogP contribution in [0.5, 0.6) is 0 Å². The molecule has 2 N–H and O–H groups in total. The van der Waals surface area contributed by atoms with Crippen molar-refractivity contribution >= 4 is 23.1 Å². The summed E-state index contributed by atoms with van der Waals surface area (Å²) < 4.78 is 1.47. The molecule has 0 aromatic carbocycles. The fourth-order valence-electron chi connectivity index (χ4n) is 1.12. The van der Waals surface area contributed by atoms with E-state index in [2.05, 4.69) is 10.3 Å². The smallest absolute Gasteiger partial charge is 0.276 e. The van der Waals surface area contributed by atoms with E-state index >= 15 is 0 Å². The number of hydrogen-bond donors (Lipinski definition) is 1. The summed E-state index contributed by atoms with van der Waals surface area (Å²) in [5.74, 6) is -0.210. The lowest BCUT2D eigenvalue weighted by Gasteiger charge is -2.18. The molecule has 15 heavy (non-hydrogen) atoms. The molecule has 1 amide bonds. The van der Waals surface area contributed by atoms with Crippen molar-refractivity contribution in [2.75, 3.05) is 13.1 Å². The molecule has 0 saturated carbocycles. The van der Waals surface area contributed by atoms with Gasteiger partial charge in [0, 0.05) is 13.6 Å². The number of hydrogen-bond acceptors (Lipinski definition) is 4. The molecule has 0 unspecified atom stereocenters. The maximum atomic E-state index is 11.8. The Bertz CT molecular complexity index is 375. The Morgan fingerprint density at radius 3 is 2.80 bits per heavy atom. The number of nitrogens with two attached hydrogens (primary N) is 1. The van der Waals surface area contributed by atoms with E-state index in [1.54, 1.807) is 13.2 Å². The van der Waals surface area contributed by atoms with Gasteiger partial charge in [-0.1, -0.05) is 17.4 Å². The number of carbonyl (C=O) groups is 1. The summed E-state index contributed by atoms with van der Waals surface area (Å²) in [4.78, 5) is 13.6. The van der Waals surface area contributed by atoms with Crippen molar-refractivity contribution in [1.82, 2.24) is 19.9 Å². The van der Waals surface area contributed by atoms with E-state index in [0.717, 1.165) is 0 Å². The van der Waals surface area contributed by atoms with Crippen LogP contribution in [-0.4, -0.2) is 43.9 Å². The molecule has 7 heteroatoms. The molecule has 1 aromatic rings. The zero-order valence-corrected chi connectivity index (χ0v) is 9.49. The van der Waals surface area contributed by atoms with E-state index in [9.17, 15) is 4.79 Å². The molecule has 0 radical (unpaired) electrons. The van der Waals surface area contributed by atoms with Crippen molar-refractivity contribution in [1.29, 1.82) is 0 Å². The van der Waals surface area contributed by atoms with E-state index in [-0.39, 0.29) is 17.4 Å². The number of amides is 1. The monoisotopic (exact) mass is 227 g/mol. The molecule has 1 aromatic heterocycles. The zero-order chi connectivity index (χ0) is 11.4. The zero-order valence-electron chi connectivity index (χ0n) is 8.67. The number of likely N-dealkylation sites (N-methyl/N-ethyl adjacent to an activating group) is 1. The molecule has 0 aliphatic carbocycles.